The number of aromatic nitrogens is 1. The molecule has 1 amide bonds. The Kier molecular flexibility index (Phi) is 3.25. The van der Waals surface area contributed by atoms with Gasteiger partial charge in [0.1, 0.15) is 4.88 Å². The summed E-state index contributed by atoms with van der Waals surface area (Å²) < 4.78 is 38.0. The Morgan fingerprint density at radius 3 is 2.32 bits per heavy atom. The highest BCUT2D eigenvalue weighted by molar-refractivity contribution is 7.17. The van der Waals surface area contributed by atoms with E-state index in [-0.39, 0.29) is 11.2 Å². The fraction of sp³-hybridized carbons (Fsp3) is 0.500. The molecule has 0 bridgehead atoms. The van der Waals surface area contributed by atoms with Gasteiger partial charge in [0.25, 0.3) is 0 Å². The SMILES string of the molecule is CC(=O)N(c1nc(C(F)(F)F)c(C(=O)O)s1)C1CC1. The summed E-state index contributed by atoms with van der Waals surface area (Å²) in [6.45, 7) is 1.22. The zero-order valence-corrected chi connectivity index (χ0v) is 10.5. The van der Waals surface area contributed by atoms with Crippen LogP contribution < -0.4 is 4.90 Å². The maximum atomic E-state index is 12.7. The third kappa shape index (κ3) is 2.70. The molecule has 1 aliphatic carbocycles. The number of nitrogens with zero attached hydrogens (tertiary/aromatic N) is 2. The molecule has 0 spiro atoms. The highest BCUT2D eigenvalue weighted by Gasteiger charge is 2.42. The van der Waals surface area contributed by atoms with Gasteiger partial charge in [0, 0.05) is 13.0 Å². The number of anilines is 1. The molecule has 1 aliphatic rings. The standard InChI is InChI=1S/C10H9F3N2O3S/c1-4(16)15(5-2-3-5)9-14-7(10(11,12)13)6(19-9)8(17)18/h5H,2-3H2,1H3,(H,17,18). The monoisotopic (exact) mass is 294 g/mol. The van der Waals surface area contributed by atoms with E-state index in [0.29, 0.717) is 24.2 Å². The van der Waals surface area contributed by atoms with Crippen LogP contribution in [0.25, 0.3) is 0 Å². The quantitative estimate of drug-likeness (QED) is 0.929. The molecule has 0 unspecified atom stereocenters. The summed E-state index contributed by atoms with van der Waals surface area (Å²) in [6, 6.07) is -0.175. The summed E-state index contributed by atoms with van der Waals surface area (Å²) >= 11 is 0.374. The van der Waals surface area contributed by atoms with E-state index in [4.69, 9.17) is 5.11 Å². The fourth-order valence-corrected chi connectivity index (χ4v) is 2.67. The molecule has 1 fully saturated rings. The first-order valence-electron chi connectivity index (χ1n) is 5.33. The number of rotatable bonds is 3. The third-order valence-corrected chi connectivity index (χ3v) is 3.58. The van der Waals surface area contributed by atoms with Crippen molar-refractivity contribution in [1.82, 2.24) is 4.98 Å². The molecule has 0 aliphatic heterocycles. The summed E-state index contributed by atoms with van der Waals surface area (Å²) in [6.07, 6.45) is -3.49. The topological polar surface area (TPSA) is 70.5 Å². The van der Waals surface area contributed by atoms with Gasteiger partial charge in [-0.05, 0) is 12.8 Å². The van der Waals surface area contributed by atoms with Gasteiger partial charge < -0.3 is 5.11 Å². The summed E-state index contributed by atoms with van der Waals surface area (Å²) in [5.74, 6) is -2.14. The van der Waals surface area contributed by atoms with E-state index < -0.39 is 28.6 Å². The second kappa shape index (κ2) is 4.48. The lowest BCUT2D eigenvalue weighted by atomic mass is 10.3. The van der Waals surface area contributed by atoms with Crippen LogP contribution in [0, 0.1) is 0 Å². The minimum atomic E-state index is -4.85. The molecule has 2 rings (SSSR count). The predicted molar refractivity (Wildman–Crippen MR) is 60.3 cm³/mol. The Balaban J connectivity index is 2.47. The van der Waals surface area contributed by atoms with Crippen LogP contribution in [-0.2, 0) is 11.0 Å². The third-order valence-electron chi connectivity index (χ3n) is 2.54. The molecule has 0 atom stereocenters. The Hall–Kier alpha value is -1.64. The number of hydrogen-bond donors (Lipinski definition) is 1. The van der Waals surface area contributed by atoms with Gasteiger partial charge in [-0.15, -0.1) is 0 Å². The van der Waals surface area contributed by atoms with Crippen LogP contribution in [0.4, 0.5) is 18.3 Å². The number of hydrogen-bond acceptors (Lipinski definition) is 4. The maximum Gasteiger partial charge on any atom is 0.435 e. The smallest absolute Gasteiger partial charge is 0.435 e. The lowest BCUT2D eigenvalue weighted by Gasteiger charge is -2.16. The van der Waals surface area contributed by atoms with E-state index in [1.165, 1.54) is 6.92 Å². The van der Waals surface area contributed by atoms with Gasteiger partial charge in [-0.1, -0.05) is 11.3 Å². The molecule has 1 saturated carbocycles. The number of aromatic carboxylic acids is 1. The number of amides is 1. The van der Waals surface area contributed by atoms with Gasteiger partial charge in [-0.25, -0.2) is 9.78 Å². The van der Waals surface area contributed by atoms with Crippen LogP contribution in [0.2, 0.25) is 0 Å². The number of carboxylic acids is 1. The molecule has 0 aromatic carbocycles. The largest absolute Gasteiger partial charge is 0.477 e. The number of carbonyl (C=O) groups is 2. The molecule has 104 valence electrons. The zero-order chi connectivity index (χ0) is 14.4. The van der Waals surface area contributed by atoms with E-state index in [1.807, 2.05) is 0 Å². The van der Waals surface area contributed by atoms with E-state index in [9.17, 15) is 22.8 Å². The Morgan fingerprint density at radius 2 is 2.00 bits per heavy atom. The minimum absolute atomic E-state index is 0.175. The van der Waals surface area contributed by atoms with Gasteiger partial charge in [0.05, 0.1) is 0 Å². The van der Waals surface area contributed by atoms with Crippen molar-refractivity contribution in [2.75, 3.05) is 4.90 Å². The number of alkyl halides is 3. The molecular weight excluding hydrogens is 285 g/mol. The second-order valence-electron chi connectivity index (χ2n) is 4.10. The number of carbonyl (C=O) groups excluding carboxylic acids is 1. The summed E-state index contributed by atoms with van der Waals surface area (Å²) in [5.41, 5.74) is -1.45. The van der Waals surface area contributed by atoms with Crippen molar-refractivity contribution < 1.29 is 27.9 Å². The molecule has 1 N–H and O–H groups in total. The van der Waals surface area contributed by atoms with Crippen molar-refractivity contribution in [1.29, 1.82) is 0 Å². The van der Waals surface area contributed by atoms with Gasteiger partial charge in [-0.3, -0.25) is 9.69 Å². The Morgan fingerprint density at radius 1 is 1.42 bits per heavy atom. The zero-order valence-electron chi connectivity index (χ0n) is 9.69. The van der Waals surface area contributed by atoms with Gasteiger partial charge in [0.2, 0.25) is 5.91 Å². The van der Waals surface area contributed by atoms with Crippen LogP contribution >= 0.6 is 11.3 Å². The van der Waals surface area contributed by atoms with Gasteiger partial charge in [-0.2, -0.15) is 13.2 Å². The Bertz CT molecular complexity index is 537. The van der Waals surface area contributed by atoms with Crippen molar-refractivity contribution >= 4 is 28.3 Å². The van der Waals surface area contributed by atoms with Gasteiger partial charge >= 0.3 is 12.1 Å². The lowest BCUT2D eigenvalue weighted by Crippen LogP contribution is -2.30. The van der Waals surface area contributed by atoms with Crippen LogP contribution in [0.15, 0.2) is 0 Å². The summed E-state index contributed by atoms with van der Waals surface area (Å²) in [7, 11) is 0. The lowest BCUT2D eigenvalue weighted by molar-refractivity contribution is -0.141. The molecule has 19 heavy (non-hydrogen) atoms. The molecular formula is C10H9F3N2O3S. The first kappa shape index (κ1) is 13.8. The Labute approximate surface area is 109 Å². The first-order valence-corrected chi connectivity index (χ1v) is 6.14. The van der Waals surface area contributed by atoms with Gasteiger partial charge in [0.15, 0.2) is 10.8 Å². The first-order chi connectivity index (χ1) is 8.71. The van der Waals surface area contributed by atoms with E-state index >= 15 is 0 Å². The number of carboxylic acid groups (broad SMARTS) is 1. The molecule has 9 heteroatoms. The van der Waals surface area contributed by atoms with Crippen molar-refractivity contribution in [3.8, 4) is 0 Å². The fourth-order valence-electron chi connectivity index (χ4n) is 1.63. The van der Waals surface area contributed by atoms with Crippen molar-refractivity contribution in [2.24, 2.45) is 0 Å². The van der Waals surface area contributed by atoms with E-state index in [2.05, 4.69) is 4.98 Å². The van der Waals surface area contributed by atoms with Crippen LogP contribution in [0.1, 0.15) is 35.1 Å². The van der Waals surface area contributed by atoms with E-state index in [1.54, 1.807) is 0 Å². The van der Waals surface area contributed by atoms with Crippen LogP contribution in [0.3, 0.4) is 0 Å². The van der Waals surface area contributed by atoms with Crippen molar-refractivity contribution in [3.63, 3.8) is 0 Å². The normalized spacial score (nSPS) is 15.4. The molecule has 0 saturated heterocycles. The average Bonchev–Trinajstić information content (AvgIpc) is 2.93. The minimum Gasteiger partial charge on any atom is -0.477 e. The maximum absolute atomic E-state index is 12.7. The number of halogens is 3. The molecule has 1 aromatic heterocycles. The van der Waals surface area contributed by atoms with Crippen molar-refractivity contribution in [3.05, 3.63) is 10.6 Å². The predicted octanol–water partition coefficient (Wildman–Crippen LogP) is 2.38. The van der Waals surface area contributed by atoms with Crippen LogP contribution in [-0.4, -0.2) is 28.0 Å². The highest BCUT2D eigenvalue weighted by atomic mass is 32.1. The highest BCUT2D eigenvalue weighted by Crippen LogP contribution is 2.40. The molecule has 1 aromatic rings. The summed E-state index contributed by atoms with van der Waals surface area (Å²) in [5, 5.41) is 8.58. The van der Waals surface area contributed by atoms with Crippen molar-refractivity contribution in [2.45, 2.75) is 32.0 Å². The van der Waals surface area contributed by atoms with E-state index in [0.717, 1.165) is 4.90 Å². The number of thiazole rings is 1. The molecule has 1 heterocycles. The summed E-state index contributed by atoms with van der Waals surface area (Å²) in [4.78, 5) is 25.8. The average molecular weight is 294 g/mol. The second-order valence-corrected chi connectivity index (χ2v) is 5.07. The molecule has 5 nitrogen and oxygen atoms in total. The van der Waals surface area contributed by atoms with Crippen LogP contribution in [0.5, 0.6) is 0 Å². The molecule has 0 radical (unpaired) electrons.